The van der Waals surface area contributed by atoms with Crippen molar-refractivity contribution in [1.29, 1.82) is 0 Å². The molecule has 0 unspecified atom stereocenters. The van der Waals surface area contributed by atoms with E-state index >= 15 is 0 Å². The van der Waals surface area contributed by atoms with E-state index in [1.807, 2.05) is 18.2 Å². The van der Waals surface area contributed by atoms with Gasteiger partial charge in [-0.05, 0) is 54.5 Å². The zero-order chi connectivity index (χ0) is 44.0. The van der Waals surface area contributed by atoms with Gasteiger partial charge in [0.1, 0.15) is 36.0 Å². The Kier molecular flexibility index (Phi) is 17.4. The van der Waals surface area contributed by atoms with Crippen molar-refractivity contribution in [1.82, 2.24) is 36.9 Å². The quantitative estimate of drug-likeness (QED) is 0.0597. The number of hydrogen-bond acceptors (Lipinski definition) is 10. The first-order chi connectivity index (χ1) is 27.7. The molecule has 0 spiro atoms. The van der Waals surface area contributed by atoms with Crippen molar-refractivity contribution < 1.29 is 48.6 Å². The van der Waals surface area contributed by atoms with E-state index in [2.05, 4.69) is 36.9 Å². The standard InChI is InChI=1S/C40H55N9O10/c1-20(2)14-28(38(57)48-31(17-33(52)53)40(59)49-34(21(3)4)35(42)54)47-39(58)30(16-24-18-43-27-9-7-6-8-26(24)27)45-32(51)19-44-37(56)29(46-36(55)22(5)41)15-23-10-12-25(50)13-11-23/h6-13,18,20-22,28-31,34,43,50H,14-17,19,41H2,1-5H3,(H2,42,54)(H,44,56)(H,45,51)(H,46,55)(H,47,58)(H,48,57)(H,49,59)(H,52,53)/t22-,28-,29-,30-,31-,34-/m0/s1. The number of aromatic amines is 1. The van der Waals surface area contributed by atoms with Crippen LogP contribution in [0.3, 0.4) is 0 Å². The van der Waals surface area contributed by atoms with Gasteiger partial charge in [-0.1, -0.05) is 58.0 Å². The first-order valence-electron chi connectivity index (χ1n) is 19.1. The highest BCUT2D eigenvalue weighted by molar-refractivity contribution is 5.98. The fourth-order valence-electron chi connectivity index (χ4n) is 6.10. The third-order valence-corrected chi connectivity index (χ3v) is 9.22. The summed E-state index contributed by atoms with van der Waals surface area (Å²) < 4.78 is 0. The maximum atomic E-state index is 14.1. The monoisotopic (exact) mass is 821 g/mol. The van der Waals surface area contributed by atoms with Crippen molar-refractivity contribution in [2.75, 3.05) is 6.54 Å². The van der Waals surface area contributed by atoms with E-state index in [-0.39, 0.29) is 30.9 Å². The molecule has 13 N–H and O–H groups in total. The number of carbonyl (C=O) groups excluding carboxylic acids is 7. The molecule has 0 aliphatic rings. The van der Waals surface area contributed by atoms with Gasteiger partial charge in [-0.15, -0.1) is 0 Å². The van der Waals surface area contributed by atoms with Crippen molar-refractivity contribution in [3.8, 4) is 5.75 Å². The van der Waals surface area contributed by atoms with Crippen LogP contribution in [0.5, 0.6) is 5.75 Å². The molecule has 0 aliphatic heterocycles. The lowest BCUT2D eigenvalue weighted by molar-refractivity contribution is -0.141. The number of aromatic hydroxyl groups is 1. The largest absolute Gasteiger partial charge is 0.508 e. The van der Waals surface area contributed by atoms with E-state index in [0.29, 0.717) is 11.1 Å². The Labute approximate surface area is 341 Å². The molecule has 3 aromatic rings. The summed E-state index contributed by atoms with van der Waals surface area (Å²) in [5.74, 6) is -7.75. The Hall–Kier alpha value is -6.50. The summed E-state index contributed by atoms with van der Waals surface area (Å²) in [6.45, 7) is 7.59. The summed E-state index contributed by atoms with van der Waals surface area (Å²) in [6, 6.07) is 5.64. The minimum absolute atomic E-state index is 0.0000558. The smallest absolute Gasteiger partial charge is 0.305 e. The lowest BCUT2D eigenvalue weighted by Crippen LogP contribution is -2.59. The van der Waals surface area contributed by atoms with Gasteiger partial charge in [0, 0.05) is 29.9 Å². The Morgan fingerprint density at radius 1 is 0.695 bits per heavy atom. The number of H-pyrrole nitrogens is 1. The minimum atomic E-state index is -1.65. The van der Waals surface area contributed by atoms with Crippen LogP contribution in [0.2, 0.25) is 0 Å². The van der Waals surface area contributed by atoms with Crippen molar-refractivity contribution in [3.63, 3.8) is 0 Å². The van der Waals surface area contributed by atoms with Crippen molar-refractivity contribution in [3.05, 3.63) is 65.9 Å². The number of phenolic OH excluding ortho intramolecular Hbond substituents is 1. The van der Waals surface area contributed by atoms with E-state index in [0.717, 1.165) is 10.9 Å². The van der Waals surface area contributed by atoms with Crippen LogP contribution in [0.25, 0.3) is 10.9 Å². The van der Waals surface area contributed by atoms with Crippen LogP contribution in [0.15, 0.2) is 54.7 Å². The number of nitrogens with two attached hydrogens (primary N) is 2. The molecule has 0 bridgehead atoms. The van der Waals surface area contributed by atoms with Crippen LogP contribution in [-0.2, 0) is 51.2 Å². The first kappa shape index (κ1) is 46.9. The molecule has 320 valence electrons. The van der Waals surface area contributed by atoms with Gasteiger partial charge >= 0.3 is 5.97 Å². The van der Waals surface area contributed by atoms with Crippen molar-refractivity contribution >= 4 is 58.2 Å². The van der Waals surface area contributed by atoms with Gasteiger partial charge in [0.05, 0.1) is 19.0 Å². The van der Waals surface area contributed by atoms with Crippen LogP contribution in [0.1, 0.15) is 58.6 Å². The third-order valence-electron chi connectivity index (χ3n) is 9.22. The van der Waals surface area contributed by atoms with Gasteiger partial charge in [0.15, 0.2) is 0 Å². The number of rotatable bonds is 22. The number of carboxylic acids is 1. The van der Waals surface area contributed by atoms with Crippen LogP contribution < -0.4 is 43.4 Å². The summed E-state index contributed by atoms with van der Waals surface area (Å²) >= 11 is 0. The Morgan fingerprint density at radius 2 is 1.27 bits per heavy atom. The number of nitrogens with one attached hydrogen (secondary N) is 7. The molecule has 3 rings (SSSR count). The number of para-hydroxylation sites is 1. The molecule has 0 aliphatic carbocycles. The molecule has 0 saturated heterocycles. The lowest BCUT2D eigenvalue weighted by atomic mass is 10.00. The number of carboxylic acid groups (broad SMARTS) is 1. The fraction of sp³-hybridized carbons (Fsp3) is 0.450. The number of primary amides is 1. The predicted octanol–water partition coefficient (Wildman–Crippen LogP) is -0.792. The zero-order valence-corrected chi connectivity index (χ0v) is 33.7. The summed E-state index contributed by atoms with van der Waals surface area (Å²) in [5, 5.41) is 35.0. The summed E-state index contributed by atoms with van der Waals surface area (Å²) in [6.07, 6.45) is 0.772. The summed E-state index contributed by atoms with van der Waals surface area (Å²) in [5.41, 5.74) is 13.1. The van der Waals surface area contributed by atoms with E-state index in [1.165, 1.54) is 19.1 Å². The van der Waals surface area contributed by atoms with E-state index in [1.54, 1.807) is 52.1 Å². The Balaban J connectivity index is 1.85. The molecule has 59 heavy (non-hydrogen) atoms. The van der Waals surface area contributed by atoms with E-state index in [9.17, 15) is 48.6 Å². The second kappa shape index (κ2) is 21.9. The highest BCUT2D eigenvalue weighted by Gasteiger charge is 2.33. The third kappa shape index (κ3) is 14.7. The summed E-state index contributed by atoms with van der Waals surface area (Å²) in [4.78, 5) is 107. The molecule has 1 aromatic heterocycles. The number of benzene rings is 2. The van der Waals surface area contributed by atoms with Gasteiger partial charge in [-0.3, -0.25) is 38.4 Å². The van der Waals surface area contributed by atoms with Crippen molar-refractivity contribution in [2.45, 2.75) is 96.6 Å². The SMILES string of the molecule is CC(C)C[C@H](NC(=O)[C@H](Cc1c[nH]c2ccccc12)NC(=O)CNC(=O)[C@H](Cc1ccc(O)cc1)NC(=O)[C@H](C)N)C(=O)N[C@@H](CC(=O)O)C(=O)N[C@H](C(N)=O)C(C)C. The van der Waals surface area contributed by atoms with Gasteiger partial charge in [0.25, 0.3) is 0 Å². The molecule has 0 saturated carbocycles. The molecule has 6 atom stereocenters. The predicted molar refractivity (Wildman–Crippen MR) is 216 cm³/mol. The topological polar surface area (TPSA) is 317 Å². The summed E-state index contributed by atoms with van der Waals surface area (Å²) in [7, 11) is 0. The van der Waals surface area contributed by atoms with Crippen LogP contribution >= 0.6 is 0 Å². The number of phenols is 1. The minimum Gasteiger partial charge on any atom is -0.508 e. The van der Waals surface area contributed by atoms with E-state index in [4.69, 9.17) is 11.5 Å². The molecule has 19 nitrogen and oxygen atoms in total. The highest BCUT2D eigenvalue weighted by Crippen LogP contribution is 2.20. The lowest BCUT2D eigenvalue weighted by Gasteiger charge is -2.27. The number of aliphatic carboxylic acids is 1. The molecule has 7 amide bonds. The molecule has 1 heterocycles. The van der Waals surface area contributed by atoms with Crippen molar-refractivity contribution in [2.24, 2.45) is 23.3 Å². The molecule has 19 heteroatoms. The Morgan fingerprint density at radius 3 is 1.86 bits per heavy atom. The highest BCUT2D eigenvalue weighted by atomic mass is 16.4. The second-order valence-corrected chi connectivity index (χ2v) is 15.1. The van der Waals surface area contributed by atoms with Crippen LogP contribution in [0, 0.1) is 11.8 Å². The number of fused-ring (bicyclic) bond motifs is 1. The van der Waals surface area contributed by atoms with Crippen LogP contribution in [-0.4, -0.2) is 105 Å². The molecule has 2 aromatic carbocycles. The number of carbonyl (C=O) groups is 8. The second-order valence-electron chi connectivity index (χ2n) is 15.1. The van der Waals surface area contributed by atoms with Gasteiger partial charge < -0.3 is 58.6 Å². The molecule has 0 radical (unpaired) electrons. The van der Waals surface area contributed by atoms with Gasteiger partial charge in [-0.2, -0.15) is 0 Å². The fourth-order valence-corrected chi connectivity index (χ4v) is 6.10. The first-order valence-corrected chi connectivity index (χ1v) is 19.1. The molecule has 0 fully saturated rings. The average molecular weight is 822 g/mol. The van der Waals surface area contributed by atoms with Gasteiger partial charge in [-0.25, -0.2) is 0 Å². The normalized spacial score (nSPS) is 14.2. The number of amides is 7. The van der Waals surface area contributed by atoms with E-state index < -0.39 is 102 Å². The zero-order valence-electron chi connectivity index (χ0n) is 33.7. The maximum absolute atomic E-state index is 14.1. The average Bonchev–Trinajstić information content (AvgIpc) is 3.57. The number of aromatic nitrogens is 1. The van der Waals surface area contributed by atoms with Gasteiger partial charge in [0.2, 0.25) is 41.4 Å². The Bertz CT molecular complexity index is 1980. The maximum Gasteiger partial charge on any atom is 0.305 e. The number of hydrogen-bond donors (Lipinski definition) is 11. The molecular weight excluding hydrogens is 766 g/mol. The molecular formula is C40H55N9O10. The van der Waals surface area contributed by atoms with Crippen LogP contribution in [0.4, 0.5) is 0 Å².